The molecule has 0 atom stereocenters. The monoisotopic (exact) mass is 465 g/mol. The molecule has 0 saturated carbocycles. The molecule has 0 saturated heterocycles. The third kappa shape index (κ3) is 4.36. The maximum absolute atomic E-state index is 13.7. The largest absolute Gasteiger partial charge is 0.423 e. The summed E-state index contributed by atoms with van der Waals surface area (Å²) in [6.45, 7) is 0. The zero-order valence-corrected chi connectivity index (χ0v) is 16.9. The van der Waals surface area contributed by atoms with E-state index in [1.165, 1.54) is 18.2 Å². The van der Waals surface area contributed by atoms with Crippen LogP contribution in [0, 0.1) is 5.82 Å². The summed E-state index contributed by atoms with van der Waals surface area (Å²) in [5, 5.41) is 0. The topological polar surface area (TPSA) is 65.0 Å². The summed E-state index contributed by atoms with van der Waals surface area (Å²) in [6, 6.07) is 19.2. The Kier molecular flexibility index (Phi) is 5.54. The number of halogens is 2. The standard InChI is InChI=1S/C23H13BrFNO4/c24-16-9-7-15(8-10-16)21-26-20(23(28)30-21)13-14-5-11-17(12-6-14)29-22(27)18-3-1-2-4-19(18)25/h1-13H/b20-13+. The number of cyclic esters (lactones) is 1. The number of esters is 2. The fourth-order valence-corrected chi connectivity index (χ4v) is 2.97. The molecule has 0 radical (unpaired) electrons. The van der Waals surface area contributed by atoms with E-state index >= 15 is 0 Å². The van der Waals surface area contributed by atoms with Crippen LogP contribution < -0.4 is 4.74 Å². The van der Waals surface area contributed by atoms with Crippen molar-refractivity contribution in [1.29, 1.82) is 0 Å². The maximum Gasteiger partial charge on any atom is 0.363 e. The molecule has 0 bridgehead atoms. The molecule has 0 spiro atoms. The van der Waals surface area contributed by atoms with E-state index in [1.807, 2.05) is 12.1 Å². The number of benzene rings is 3. The molecule has 0 fully saturated rings. The van der Waals surface area contributed by atoms with Gasteiger partial charge in [0.2, 0.25) is 5.90 Å². The van der Waals surface area contributed by atoms with Crippen molar-refractivity contribution in [3.63, 3.8) is 0 Å². The zero-order chi connectivity index (χ0) is 21.1. The number of ether oxygens (including phenoxy) is 2. The molecule has 1 aliphatic rings. The molecular formula is C23H13BrFNO4. The number of aliphatic imine (C=N–C) groups is 1. The highest BCUT2D eigenvalue weighted by Gasteiger charge is 2.24. The second kappa shape index (κ2) is 8.42. The Morgan fingerprint density at radius 1 is 1.00 bits per heavy atom. The van der Waals surface area contributed by atoms with Crippen LogP contribution in [-0.2, 0) is 9.53 Å². The summed E-state index contributed by atoms with van der Waals surface area (Å²) in [4.78, 5) is 28.4. The van der Waals surface area contributed by atoms with Gasteiger partial charge in [-0.3, -0.25) is 0 Å². The normalized spacial score (nSPS) is 14.4. The number of rotatable bonds is 4. The Bertz CT molecular complexity index is 1180. The fourth-order valence-electron chi connectivity index (χ4n) is 2.70. The molecule has 4 rings (SSSR count). The van der Waals surface area contributed by atoms with Gasteiger partial charge < -0.3 is 9.47 Å². The van der Waals surface area contributed by atoms with E-state index in [2.05, 4.69) is 20.9 Å². The first-order chi connectivity index (χ1) is 14.5. The Morgan fingerprint density at radius 2 is 1.70 bits per heavy atom. The minimum Gasteiger partial charge on any atom is -0.423 e. The van der Waals surface area contributed by atoms with Crippen molar-refractivity contribution in [2.24, 2.45) is 4.99 Å². The predicted octanol–water partition coefficient (Wildman–Crippen LogP) is 5.15. The second-order valence-corrected chi connectivity index (χ2v) is 7.20. The van der Waals surface area contributed by atoms with Gasteiger partial charge in [0.05, 0.1) is 5.56 Å². The Hall–Kier alpha value is -3.58. The molecule has 0 aliphatic carbocycles. The van der Waals surface area contributed by atoms with Crippen LogP contribution in [0.3, 0.4) is 0 Å². The third-order valence-electron chi connectivity index (χ3n) is 4.20. The van der Waals surface area contributed by atoms with Crippen LogP contribution in [-0.4, -0.2) is 17.8 Å². The first kappa shape index (κ1) is 19.7. The van der Waals surface area contributed by atoms with Crippen molar-refractivity contribution in [1.82, 2.24) is 0 Å². The van der Waals surface area contributed by atoms with E-state index in [0.29, 0.717) is 11.1 Å². The van der Waals surface area contributed by atoms with Crippen LogP contribution in [0.2, 0.25) is 0 Å². The van der Waals surface area contributed by atoms with Crippen molar-refractivity contribution in [2.45, 2.75) is 0 Å². The number of hydrogen-bond acceptors (Lipinski definition) is 5. The summed E-state index contributed by atoms with van der Waals surface area (Å²) < 4.78 is 25.0. The fraction of sp³-hybridized carbons (Fsp3) is 0. The molecule has 3 aromatic rings. The lowest BCUT2D eigenvalue weighted by Gasteiger charge is -2.05. The lowest BCUT2D eigenvalue weighted by atomic mass is 10.2. The number of carbonyl (C=O) groups excluding carboxylic acids is 2. The molecule has 0 amide bonds. The molecule has 1 aliphatic heterocycles. The average molecular weight is 466 g/mol. The minimum atomic E-state index is -0.790. The van der Waals surface area contributed by atoms with Crippen LogP contribution in [0.25, 0.3) is 6.08 Å². The quantitative estimate of drug-likeness (QED) is 0.303. The van der Waals surface area contributed by atoms with Gasteiger partial charge in [-0.1, -0.05) is 40.2 Å². The first-order valence-electron chi connectivity index (χ1n) is 8.85. The van der Waals surface area contributed by atoms with Crippen LogP contribution in [0.4, 0.5) is 4.39 Å². The maximum atomic E-state index is 13.7. The van der Waals surface area contributed by atoms with E-state index in [-0.39, 0.29) is 22.9 Å². The molecule has 7 heteroatoms. The van der Waals surface area contributed by atoms with Gasteiger partial charge in [0.25, 0.3) is 0 Å². The average Bonchev–Trinajstić information content (AvgIpc) is 3.10. The van der Waals surface area contributed by atoms with E-state index < -0.39 is 17.8 Å². The molecule has 0 unspecified atom stereocenters. The van der Waals surface area contributed by atoms with Crippen molar-refractivity contribution in [3.05, 3.63) is 105 Å². The Labute approximate surface area is 179 Å². The van der Waals surface area contributed by atoms with Gasteiger partial charge in [-0.2, -0.15) is 0 Å². The summed E-state index contributed by atoms with van der Waals surface area (Å²) in [5.74, 6) is -1.51. The molecule has 30 heavy (non-hydrogen) atoms. The minimum absolute atomic E-state index is 0.146. The van der Waals surface area contributed by atoms with Gasteiger partial charge in [-0.05, 0) is 60.2 Å². The lowest BCUT2D eigenvalue weighted by molar-refractivity contribution is -0.129. The van der Waals surface area contributed by atoms with Gasteiger partial charge in [-0.15, -0.1) is 0 Å². The molecule has 148 valence electrons. The Balaban J connectivity index is 1.49. The van der Waals surface area contributed by atoms with Crippen LogP contribution in [0.1, 0.15) is 21.5 Å². The Morgan fingerprint density at radius 3 is 2.40 bits per heavy atom. The summed E-state index contributed by atoms with van der Waals surface area (Å²) >= 11 is 3.35. The summed E-state index contributed by atoms with van der Waals surface area (Å²) in [5.41, 5.74) is 1.36. The van der Waals surface area contributed by atoms with Gasteiger partial charge in [0.1, 0.15) is 11.6 Å². The third-order valence-corrected chi connectivity index (χ3v) is 4.73. The van der Waals surface area contributed by atoms with E-state index in [0.717, 1.165) is 4.47 Å². The molecule has 5 nitrogen and oxygen atoms in total. The van der Waals surface area contributed by atoms with Gasteiger partial charge in [0, 0.05) is 10.0 Å². The highest BCUT2D eigenvalue weighted by molar-refractivity contribution is 9.10. The second-order valence-electron chi connectivity index (χ2n) is 6.28. The number of carbonyl (C=O) groups is 2. The van der Waals surface area contributed by atoms with Crippen molar-refractivity contribution in [3.8, 4) is 5.75 Å². The van der Waals surface area contributed by atoms with E-state index in [4.69, 9.17) is 9.47 Å². The van der Waals surface area contributed by atoms with Gasteiger partial charge >= 0.3 is 11.9 Å². The number of nitrogens with zero attached hydrogens (tertiary/aromatic N) is 1. The highest BCUT2D eigenvalue weighted by atomic mass is 79.9. The van der Waals surface area contributed by atoms with Crippen molar-refractivity contribution < 1.29 is 23.5 Å². The lowest BCUT2D eigenvalue weighted by Crippen LogP contribution is -2.10. The first-order valence-corrected chi connectivity index (χ1v) is 9.64. The van der Waals surface area contributed by atoms with Gasteiger partial charge in [-0.25, -0.2) is 19.0 Å². The molecule has 3 aromatic carbocycles. The molecule has 0 aromatic heterocycles. The van der Waals surface area contributed by atoms with E-state index in [9.17, 15) is 14.0 Å². The summed E-state index contributed by atoms with van der Waals surface area (Å²) in [7, 11) is 0. The van der Waals surface area contributed by atoms with Gasteiger partial charge in [0.15, 0.2) is 5.70 Å². The van der Waals surface area contributed by atoms with Crippen molar-refractivity contribution >= 4 is 39.8 Å². The zero-order valence-electron chi connectivity index (χ0n) is 15.3. The van der Waals surface area contributed by atoms with Crippen LogP contribution in [0.15, 0.2) is 88.0 Å². The van der Waals surface area contributed by atoms with Crippen molar-refractivity contribution in [2.75, 3.05) is 0 Å². The predicted molar refractivity (Wildman–Crippen MR) is 113 cm³/mol. The summed E-state index contributed by atoms with van der Waals surface area (Å²) in [6.07, 6.45) is 1.57. The van der Waals surface area contributed by atoms with E-state index in [1.54, 1.807) is 48.5 Å². The molecular weight excluding hydrogens is 453 g/mol. The molecule has 0 N–H and O–H groups in total. The SMILES string of the molecule is O=C1OC(c2ccc(Br)cc2)=N/C1=C/c1ccc(OC(=O)c2ccccc2F)cc1. The molecule has 1 heterocycles. The highest BCUT2D eigenvalue weighted by Crippen LogP contribution is 2.22. The van der Waals surface area contributed by atoms with Crippen LogP contribution in [0.5, 0.6) is 5.75 Å². The number of hydrogen-bond donors (Lipinski definition) is 0. The smallest absolute Gasteiger partial charge is 0.363 e. The van der Waals surface area contributed by atoms with Crippen LogP contribution >= 0.6 is 15.9 Å².